The van der Waals surface area contributed by atoms with E-state index in [-0.39, 0.29) is 4.90 Å². The number of hydrogen-bond donors (Lipinski definition) is 1. The van der Waals surface area contributed by atoms with Crippen LogP contribution < -0.4 is 14.5 Å². The molecule has 8 heteroatoms. The van der Waals surface area contributed by atoms with E-state index in [2.05, 4.69) is 10.5 Å². The van der Waals surface area contributed by atoms with E-state index in [9.17, 15) is 13.2 Å². The maximum absolute atomic E-state index is 13.4. The van der Waals surface area contributed by atoms with E-state index < -0.39 is 22.5 Å². The summed E-state index contributed by atoms with van der Waals surface area (Å²) < 4.78 is 33.1. The molecule has 1 N–H and O–H groups in total. The van der Waals surface area contributed by atoms with Gasteiger partial charge >= 0.3 is 0 Å². The molecular weight excluding hydrogens is 426 g/mol. The van der Waals surface area contributed by atoms with Crippen molar-refractivity contribution in [3.63, 3.8) is 0 Å². The van der Waals surface area contributed by atoms with Crippen molar-refractivity contribution < 1.29 is 17.9 Å². The van der Waals surface area contributed by atoms with Crippen LogP contribution in [-0.4, -0.2) is 34.2 Å². The summed E-state index contributed by atoms with van der Waals surface area (Å²) in [4.78, 5) is 12.8. The normalized spacial score (nSPS) is 11.3. The minimum absolute atomic E-state index is 0.110. The lowest BCUT2D eigenvalue weighted by Gasteiger charge is -2.25. The summed E-state index contributed by atoms with van der Waals surface area (Å²) in [7, 11) is -2.40. The molecule has 0 bridgehead atoms. The Hall–Kier alpha value is -3.65. The number of hydrazone groups is 1. The van der Waals surface area contributed by atoms with Crippen LogP contribution in [0.4, 0.5) is 5.69 Å². The predicted molar refractivity (Wildman–Crippen MR) is 126 cm³/mol. The van der Waals surface area contributed by atoms with Crippen LogP contribution in [0.5, 0.6) is 5.75 Å². The number of sulfonamides is 1. The molecule has 0 saturated heterocycles. The maximum Gasteiger partial charge on any atom is 0.264 e. The lowest BCUT2D eigenvalue weighted by molar-refractivity contribution is -0.119. The zero-order chi connectivity index (χ0) is 23.0. The number of carbonyl (C=O) groups is 1. The standard InChI is InChI=1S/C24H25N3O4S/c1-3-20-11-7-8-15-23(20)27(32(29,30)22-13-5-4-6-14-22)18-24(28)26-25-17-19-10-9-12-21(16-19)31-2/h4-17H,3,18H2,1-2H3,(H,26,28)/b25-17-. The summed E-state index contributed by atoms with van der Waals surface area (Å²) in [6, 6.07) is 22.4. The Labute approximate surface area is 188 Å². The summed E-state index contributed by atoms with van der Waals surface area (Å²) in [6.45, 7) is 1.52. The van der Waals surface area contributed by atoms with Crippen molar-refractivity contribution in [3.05, 3.63) is 90.0 Å². The average molecular weight is 452 g/mol. The van der Waals surface area contributed by atoms with Gasteiger partial charge in [-0.05, 0) is 47.9 Å². The summed E-state index contributed by atoms with van der Waals surface area (Å²) >= 11 is 0. The Bertz CT molecular complexity index is 1190. The van der Waals surface area contributed by atoms with Crippen molar-refractivity contribution in [1.29, 1.82) is 0 Å². The highest BCUT2D eigenvalue weighted by Crippen LogP contribution is 2.27. The van der Waals surface area contributed by atoms with Gasteiger partial charge in [-0.2, -0.15) is 5.10 Å². The van der Waals surface area contributed by atoms with E-state index in [0.29, 0.717) is 17.9 Å². The number of methoxy groups -OCH3 is 1. The van der Waals surface area contributed by atoms with Gasteiger partial charge in [0, 0.05) is 0 Å². The Morgan fingerprint density at radius 2 is 1.75 bits per heavy atom. The summed E-state index contributed by atoms with van der Waals surface area (Å²) in [5.74, 6) is 0.103. The van der Waals surface area contributed by atoms with Crippen LogP contribution in [-0.2, 0) is 21.2 Å². The fourth-order valence-corrected chi connectivity index (χ4v) is 4.62. The fourth-order valence-electron chi connectivity index (χ4n) is 3.14. The van der Waals surface area contributed by atoms with Crippen molar-refractivity contribution in [3.8, 4) is 5.75 Å². The SMILES string of the molecule is CCc1ccccc1N(CC(=O)N/N=C\c1cccc(OC)c1)S(=O)(=O)c1ccccc1. The predicted octanol–water partition coefficient (Wildman–Crippen LogP) is 3.60. The third kappa shape index (κ3) is 5.53. The summed E-state index contributed by atoms with van der Waals surface area (Å²) in [5.41, 5.74) is 4.43. The lowest BCUT2D eigenvalue weighted by atomic mass is 10.1. The number of aryl methyl sites for hydroxylation is 1. The summed E-state index contributed by atoms with van der Waals surface area (Å²) in [6.07, 6.45) is 2.09. The molecule has 0 unspecified atom stereocenters. The molecule has 0 heterocycles. The average Bonchev–Trinajstić information content (AvgIpc) is 2.83. The smallest absolute Gasteiger partial charge is 0.264 e. The highest BCUT2D eigenvalue weighted by Gasteiger charge is 2.28. The molecule has 0 aliphatic rings. The van der Waals surface area contributed by atoms with Crippen molar-refractivity contribution in [2.75, 3.05) is 18.0 Å². The number of ether oxygens (including phenoxy) is 1. The molecule has 3 rings (SSSR count). The topological polar surface area (TPSA) is 88.1 Å². The van der Waals surface area contributed by atoms with Gasteiger partial charge in [0.1, 0.15) is 12.3 Å². The lowest BCUT2D eigenvalue weighted by Crippen LogP contribution is -2.40. The Kier molecular flexibility index (Phi) is 7.62. The first kappa shape index (κ1) is 23.0. The molecular formula is C24H25N3O4S. The molecule has 3 aromatic rings. The number of amides is 1. The van der Waals surface area contributed by atoms with Gasteiger partial charge in [0.25, 0.3) is 15.9 Å². The Balaban J connectivity index is 1.85. The number of benzene rings is 3. The van der Waals surface area contributed by atoms with Crippen molar-refractivity contribution in [1.82, 2.24) is 5.43 Å². The van der Waals surface area contributed by atoms with Crippen LogP contribution >= 0.6 is 0 Å². The molecule has 0 spiro atoms. The third-order valence-electron chi connectivity index (χ3n) is 4.76. The van der Waals surface area contributed by atoms with Gasteiger partial charge in [0.05, 0.1) is 23.9 Å². The number of nitrogens with zero attached hydrogens (tertiary/aromatic N) is 2. The van der Waals surface area contributed by atoms with Gasteiger partial charge in [-0.25, -0.2) is 13.8 Å². The zero-order valence-corrected chi connectivity index (χ0v) is 18.7. The zero-order valence-electron chi connectivity index (χ0n) is 17.9. The van der Waals surface area contributed by atoms with Gasteiger partial charge in [-0.15, -0.1) is 0 Å². The van der Waals surface area contributed by atoms with E-state index >= 15 is 0 Å². The minimum atomic E-state index is -3.96. The molecule has 0 fully saturated rings. The van der Waals surface area contributed by atoms with E-state index in [1.54, 1.807) is 55.6 Å². The van der Waals surface area contributed by atoms with Gasteiger partial charge in [0.15, 0.2) is 0 Å². The van der Waals surface area contributed by atoms with Crippen LogP contribution in [0.3, 0.4) is 0 Å². The fraction of sp³-hybridized carbons (Fsp3) is 0.167. The van der Waals surface area contributed by atoms with E-state index in [4.69, 9.17) is 4.74 Å². The first-order chi connectivity index (χ1) is 15.5. The molecule has 0 aliphatic carbocycles. The first-order valence-electron chi connectivity index (χ1n) is 10.1. The molecule has 0 atom stereocenters. The number of hydrogen-bond acceptors (Lipinski definition) is 5. The van der Waals surface area contributed by atoms with Crippen LogP contribution in [0.1, 0.15) is 18.1 Å². The van der Waals surface area contributed by atoms with Crippen LogP contribution in [0.15, 0.2) is 88.9 Å². The minimum Gasteiger partial charge on any atom is -0.497 e. The number of anilines is 1. The highest BCUT2D eigenvalue weighted by atomic mass is 32.2. The van der Waals surface area contributed by atoms with E-state index in [1.165, 1.54) is 18.3 Å². The van der Waals surface area contributed by atoms with E-state index in [0.717, 1.165) is 15.4 Å². The van der Waals surface area contributed by atoms with Crippen molar-refractivity contribution in [2.45, 2.75) is 18.2 Å². The third-order valence-corrected chi connectivity index (χ3v) is 6.53. The second-order valence-electron chi connectivity index (χ2n) is 6.88. The van der Waals surface area contributed by atoms with Crippen LogP contribution in [0.2, 0.25) is 0 Å². The number of nitrogens with one attached hydrogen (secondary N) is 1. The van der Waals surface area contributed by atoms with E-state index in [1.807, 2.05) is 25.1 Å². The molecule has 166 valence electrons. The molecule has 0 radical (unpaired) electrons. The number of carbonyl (C=O) groups excluding carboxylic acids is 1. The summed E-state index contributed by atoms with van der Waals surface area (Å²) in [5, 5.41) is 3.96. The molecule has 0 aromatic heterocycles. The van der Waals surface area contributed by atoms with Crippen molar-refractivity contribution in [2.24, 2.45) is 5.10 Å². The van der Waals surface area contributed by atoms with Gasteiger partial charge < -0.3 is 4.74 Å². The first-order valence-corrected chi connectivity index (χ1v) is 11.5. The second-order valence-corrected chi connectivity index (χ2v) is 8.74. The Morgan fingerprint density at radius 3 is 2.47 bits per heavy atom. The molecule has 32 heavy (non-hydrogen) atoms. The van der Waals surface area contributed by atoms with Crippen LogP contribution in [0, 0.1) is 0 Å². The maximum atomic E-state index is 13.4. The Morgan fingerprint density at radius 1 is 1.03 bits per heavy atom. The quantitative estimate of drug-likeness (QED) is 0.398. The van der Waals surface area contributed by atoms with Crippen molar-refractivity contribution >= 4 is 27.8 Å². The molecule has 7 nitrogen and oxygen atoms in total. The van der Waals surface area contributed by atoms with Gasteiger partial charge in [-0.3, -0.25) is 9.10 Å². The molecule has 3 aromatic carbocycles. The molecule has 0 saturated carbocycles. The monoisotopic (exact) mass is 451 g/mol. The van der Waals surface area contributed by atoms with Crippen LogP contribution in [0.25, 0.3) is 0 Å². The molecule has 1 amide bonds. The van der Waals surface area contributed by atoms with Gasteiger partial charge in [-0.1, -0.05) is 55.5 Å². The number of para-hydroxylation sites is 1. The second kappa shape index (κ2) is 10.6. The number of rotatable bonds is 9. The highest BCUT2D eigenvalue weighted by molar-refractivity contribution is 7.92. The van der Waals surface area contributed by atoms with Gasteiger partial charge in [0.2, 0.25) is 0 Å². The molecule has 0 aliphatic heterocycles. The largest absolute Gasteiger partial charge is 0.497 e.